The molecule has 1 fully saturated rings. The van der Waals surface area contributed by atoms with Crippen molar-refractivity contribution in [3.8, 4) is 0 Å². The van der Waals surface area contributed by atoms with Gasteiger partial charge in [-0.05, 0) is 73.6 Å². The average molecular weight is 320 g/mol. The topological polar surface area (TPSA) is 3.24 Å². The van der Waals surface area contributed by atoms with Crippen molar-refractivity contribution < 1.29 is 0 Å². The lowest BCUT2D eigenvalue weighted by Gasteiger charge is -2.35. The Morgan fingerprint density at radius 3 is 2.55 bits per heavy atom. The van der Waals surface area contributed by atoms with Gasteiger partial charge in [-0.1, -0.05) is 39.8 Å². The molecule has 1 aliphatic heterocycles. The van der Waals surface area contributed by atoms with Crippen molar-refractivity contribution in [1.82, 2.24) is 4.90 Å². The number of thioether (sulfide) groups is 1. The van der Waals surface area contributed by atoms with Gasteiger partial charge in [0.25, 0.3) is 0 Å². The van der Waals surface area contributed by atoms with Gasteiger partial charge in [0.05, 0.1) is 0 Å². The molecule has 1 unspecified atom stereocenters. The maximum absolute atomic E-state index is 2.69. The van der Waals surface area contributed by atoms with Crippen LogP contribution in [0.15, 0.2) is 29.2 Å². The normalized spacial score (nSPS) is 18.8. The molecule has 0 aromatic heterocycles. The molecular weight excluding hydrogens is 286 g/mol. The third-order valence-electron chi connectivity index (χ3n) is 4.94. The Bertz CT molecular complexity index is 435. The van der Waals surface area contributed by atoms with E-state index in [2.05, 4.69) is 56.9 Å². The summed E-state index contributed by atoms with van der Waals surface area (Å²) in [6.45, 7) is 13.3. The number of nitrogens with zero attached hydrogens (tertiary/aromatic N) is 1. The van der Waals surface area contributed by atoms with Crippen LogP contribution in [0.4, 0.5) is 0 Å². The fourth-order valence-electron chi connectivity index (χ4n) is 3.64. The van der Waals surface area contributed by atoms with E-state index in [0.29, 0.717) is 0 Å². The van der Waals surface area contributed by atoms with Gasteiger partial charge < -0.3 is 4.90 Å². The lowest BCUT2D eigenvalue weighted by Crippen LogP contribution is -2.38. The summed E-state index contributed by atoms with van der Waals surface area (Å²) in [5.74, 6) is 3.72. The summed E-state index contributed by atoms with van der Waals surface area (Å²) in [4.78, 5) is 4.11. The molecule has 0 aliphatic carbocycles. The Morgan fingerprint density at radius 2 is 1.91 bits per heavy atom. The molecule has 124 valence electrons. The molecular formula is C20H33NS. The van der Waals surface area contributed by atoms with Crippen LogP contribution in [0.25, 0.3) is 0 Å². The number of likely N-dealkylation sites (tertiary alicyclic amines) is 1. The van der Waals surface area contributed by atoms with E-state index >= 15 is 0 Å². The SMILES string of the molecule is CCSc1cccc(CC(C)CN2CCC(C(C)C)CC2)c1. The van der Waals surface area contributed by atoms with Crippen molar-refractivity contribution in [2.24, 2.45) is 17.8 Å². The van der Waals surface area contributed by atoms with Gasteiger partial charge >= 0.3 is 0 Å². The van der Waals surface area contributed by atoms with Gasteiger partial charge in [0, 0.05) is 11.4 Å². The molecule has 2 heteroatoms. The molecule has 1 saturated heterocycles. The molecule has 1 aromatic rings. The highest BCUT2D eigenvalue weighted by molar-refractivity contribution is 7.99. The van der Waals surface area contributed by atoms with E-state index < -0.39 is 0 Å². The molecule has 1 atom stereocenters. The standard InChI is InChI=1S/C20H33NS/c1-5-22-20-8-6-7-18(14-20)13-17(4)15-21-11-9-19(10-12-21)16(2)3/h6-8,14,16-17,19H,5,9-13,15H2,1-4H3. The first-order chi connectivity index (χ1) is 10.6. The highest BCUT2D eigenvalue weighted by Crippen LogP contribution is 2.25. The number of piperidine rings is 1. The van der Waals surface area contributed by atoms with Gasteiger partial charge in [0.2, 0.25) is 0 Å². The van der Waals surface area contributed by atoms with E-state index in [0.717, 1.165) is 23.5 Å². The summed E-state index contributed by atoms with van der Waals surface area (Å²) in [6, 6.07) is 9.13. The molecule has 1 nitrogen and oxygen atoms in total. The number of benzene rings is 1. The smallest absolute Gasteiger partial charge is 0.00745 e. The van der Waals surface area contributed by atoms with Crippen LogP contribution in [0.3, 0.4) is 0 Å². The van der Waals surface area contributed by atoms with E-state index in [9.17, 15) is 0 Å². The quantitative estimate of drug-likeness (QED) is 0.624. The van der Waals surface area contributed by atoms with Crippen LogP contribution in [-0.4, -0.2) is 30.3 Å². The van der Waals surface area contributed by atoms with Crippen molar-refractivity contribution >= 4 is 11.8 Å². The second kappa shape index (κ2) is 8.98. The van der Waals surface area contributed by atoms with E-state index in [1.807, 2.05) is 11.8 Å². The molecule has 22 heavy (non-hydrogen) atoms. The minimum Gasteiger partial charge on any atom is -0.303 e. The van der Waals surface area contributed by atoms with Crippen LogP contribution < -0.4 is 0 Å². The zero-order valence-corrected chi connectivity index (χ0v) is 15.7. The van der Waals surface area contributed by atoms with Crippen LogP contribution in [0.2, 0.25) is 0 Å². The summed E-state index contributed by atoms with van der Waals surface area (Å²) in [6.07, 6.45) is 4.00. The highest BCUT2D eigenvalue weighted by atomic mass is 32.2. The molecule has 0 saturated carbocycles. The molecule has 0 N–H and O–H groups in total. The summed E-state index contributed by atoms with van der Waals surface area (Å²) in [7, 11) is 0. The minimum atomic E-state index is 0.748. The summed E-state index contributed by atoms with van der Waals surface area (Å²) in [5, 5.41) is 0. The second-order valence-electron chi connectivity index (χ2n) is 7.27. The maximum Gasteiger partial charge on any atom is 0.00745 e. The Hall–Kier alpha value is -0.470. The molecule has 1 aromatic carbocycles. The first-order valence-electron chi connectivity index (χ1n) is 9.02. The van der Waals surface area contributed by atoms with Gasteiger partial charge in [-0.25, -0.2) is 0 Å². The van der Waals surface area contributed by atoms with Crippen LogP contribution in [0, 0.1) is 17.8 Å². The van der Waals surface area contributed by atoms with Crippen molar-refractivity contribution in [1.29, 1.82) is 0 Å². The fraction of sp³-hybridized carbons (Fsp3) is 0.700. The largest absolute Gasteiger partial charge is 0.303 e. The predicted octanol–water partition coefficient (Wildman–Crippen LogP) is 5.35. The van der Waals surface area contributed by atoms with Crippen LogP contribution >= 0.6 is 11.8 Å². The Kier molecular flexibility index (Phi) is 7.30. The Labute approximate surface area is 141 Å². The maximum atomic E-state index is 2.69. The molecule has 1 aliphatic rings. The van der Waals surface area contributed by atoms with Gasteiger partial charge in [0.1, 0.15) is 0 Å². The average Bonchev–Trinajstić information content (AvgIpc) is 2.48. The van der Waals surface area contributed by atoms with E-state index in [1.165, 1.54) is 49.4 Å². The third-order valence-corrected chi connectivity index (χ3v) is 5.81. The summed E-state index contributed by atoms with van der Waals surface area (Å²) >= 11 is 1.94. The molecule has 2 rings (SSSR count). The lowest BCUT2D eigenvalue weighted by atomic mass is 9.86. The van der Waals surface area contributed by atoms with E-state index in [1.54, 1.807) is 0 Å². The van der Waals surface area contributed by atoms with Crippen molar-refractivity contribution in [3.05, 3.63) is 29.8 Å². The monoisotopic (exact) mass is 319 g/mol. The molecule has 0 bridgehead atoms. The lowest BCUT2D eigenvalue weighted by molar-refractivity contribution is 0.142. The van der Waals surface area contributed by atoms with Crippen molar-refractivity contribution in [2.75, 3.05) is 25.4 Å². The number of hydrogen-bond acceptors (Lipinski definition) is 2. The van der Waals surface area contributed by atoms with Gasteiger partial charge in [-0.15, -0.1) is 11.8 Å². The zero-order valence-electron chi connectivity index (χ0n) is 14.8. The van der Waals surface area contributed by atoms with Crippen molar-refractivity contribution in [3.63, 3.8) is 0 Å². The number of hydrogen-bond donors (Lipinski definition) is 0. The first kappa shape index (κ1) is 17.9. The summed E-state index contributed by atoms with van der Waals surface area (Å²) < 4.78 is 0. The van der Waals surface area contributed by atoms with E-state index in [-0.39, 0.29) is 0 Å². The highest BCUT2D eigenvalue weighted by Gasteiger charge is 2.22. The zero-order chi connectivity index (χ0) is 15.9. The molecule has 0 spiro atoms. The van der Waals surface area contributed by atoms with Gasteiger partial charge in [0.15, 0.2) is 0 Å². The fourth-order valence-corrected chi connectivity index (χ4v) is 4.38. The van der Waals surface area contributed by atoms with Crippen molar-refractivity contribution in [2.45, 2.75) is 51.9 Å². The number of rotatable bonds is 7. The van der Waals surface area contributed by atoms with Crippen LogP contribution in [-0.2, 0) is 6.42 Å². The Morgan fingerprint density at radius 1 is 1.18 bits per heavy atom. The van der Waals surface area contributed by atoms with Gasteiger partial charge in [-0.3, -0.25) is 0 Å². The first-order valence-corrected chi connectivity index (χ1v) is 10.0. The molecule has 0 radical (unpaired) electrons. The third kappa shape index (κ3) is 5.62. The minimum absolute atomic E-state index is 0.748. The van der Waals surface area contributed by atoms with Crippen LogP contribution in [0.5, 0.6) is 0 Å². The Balaban J connectivity index is 1.78. The molecule has 1 heterocycles. The molecule has 0 amide bonds. The second-order valence-corrected chi connectivity index (χ2v) is 8.61. The van der Waals surface area contributed by atoms with Gasteiger partial charge in [-0.2, -0.15) is 0 Å². The summed E-state index contributed by atoms with van der Waals surface area (Å²) in [5.41, 5.74) is 1.50. The van der Waals surface area contributed by atoms with Crippen LogP contribution in [0.1, 0.15) is 46.1 Å². The predicted molar refractivity (Wildman–Crippen MR) is 99.7 cm³/mol. The van der Waals surface area contributed by atoms with E-state index in [4.69, 9.17) is 0 Å².